The van der Waals surface area contributed by atoms with Gasteiger partial charge in [0.15, 0.2) is 11.5 Å². The summed E-state index contributed by atoms with van der Waals surface area (Å²) >= 11 is 0. The highest BCUT2D eigenvalue weighted by atomic mass is 16.6. The largest absolute Gasteiger partial charge is 0.480 e. The minimum atomic E-state index is -0.959. The molecular formula is C24H32N6O6. The predicted molar refractivity (Wildman–Crippen MR) is 132 cm³/mol. The van der Waals surface area contributed by atoms with Crippen molar-refractivity contribution < 1.29 is 29.0 Å². The van der Waals surface area contributed by atoms with E-state index in [-0.39, 0.29) is 5.82 Å². The minimum absolute atomic E-state index is 0.0148. The molecule has 2 heterocycles. The van der Waals surface area contributed by atoms with E-state index in [2.05, 4.69) is 19.9 Å². The summed E-state index contributed by atoms with van der Waals surface area (Å²) in [7, 11) is 0. The average molecular weight is 501 g/mol. The van der Waals surface area contributed by atoms with E-state index in [1.54, 1.807) is 41.5 Å². The zero-order chi connectivity index (χ0) is 27.1. The number of anilines is 1. The van der Waals surface area contributed by atoms with E-state index in [4.69, 9.17) is 20.3 Å². The molecule has 4 N–H and O–H groups in total. The van der Waals surface area contributed by atoms with Gasteiger partial charge in [0.05, 0.1) is 6.33 Å². The van der Waals surface area contributed by atoms with Gasteiger partial charge in [-0.2, -0.15) is 4.90 Å². The zero-order valence-electron chi connectivity index (χ0n) is 21.2. The summed E-state index contributed by atoms with van der Waals surface area (Å²) in [6, 6.07) is 8.54. The molecular weight excluding hydrogens is 468 g/mol. The number of carboxylic acids is 1. The second-order valence-electron chi connectivity index (χ2n) is 9.73. The van der Waals surface area contributed by atoms with Crippen LogP contribution in [-0.4, -0.2) is 60.4 Å². The second kappa shape index (κ2) is 11.6. The first kappa shape index (κ1) is 28.2. The molecule has 3 aromatic rings. The Morgan fingerprint density at radius 3 is 2.03 bits per heavy atom. The number of benzene rings is 1. The molecule has 0 aliphatic carbocycles. The van der Waals surface area contributed by atoms with Crippen LogP contribution in [0.1, 0.15) is 47.1 Å². The Kier molecular flexibility index (Phi) is 9.06. The number of nitrogens with zero attached hydrogens (tertiary/aromatic N) is 4. The molecule has 1 aromatic carbocycles. The molecule has 0 fully saturated rings. The SMILES string of the molecule is CC(C)(C)OC(=O)N(C(=O)OC(C)(C)C)c1ncnc2nc[nH]c12.N[C@@H](Cc1ccccc1)C(=O)O. The van der Waals surface area contributed by atoms with E-state index >= 15 is 0 Å². The number of fused-ring (bicyclic) bond motifs is 1. The monoisotopic (exact) mass is 500 g/mol. The van der Waals surface area contributed by atoms with E-state index in [0.29, 0.717) is 17.6 Å². The van der Waals surface area contributed by atoms with Crippen LogP contribution in [0, 0.1) is 0 Å². The highest BCUT2D eigenvalue weighted by molar-refractivity contribution is 6.12. The van der Waals surface area contributed by atoms with Crippen molar-refractivity contribution in [2.45, 2.75) is 65.2 Å². The van der Waals surface area contributed by atoms with E-state index in [9.17, 15) is 14.4 Å². The van der Waals surface area contributed by atoms with Gasteiger partial charge >= 0.3 is 18.2 Å². The van der Waals surface area contributed by atoms with Crippen molar-refractivity contribution in [1.82, 2.24) is 19.9 Å². The number of amides is 2. The van der Waals surface area contributed by atoms with Gasteiger partial charge in [0.2, 0.25) is 0 Å². The summed E-state index contributed by atoms with van der Waals surface area (Å²) in [6.45, 7) is 10.2. The number of aromatic amines is 1. The maximum Gasteiger partial charge on any atom is 0.425 e. The molecule has 12 heteroatoms. The molecule has 2 amide bonds. The van der Waals surface area contributed by atoms with Gasteiger partial charge in [0, 0.05) is 0 Å². The quantitative estimate of drug-likeness (QED) is 0.479. The summed E-state index contributed by atoms with van der Waals surface area (Å²) in [6.07, 6.45) is 1.19. The Hall–Kier alpha value is -4.06. The molecule has 0 aliphatic rings. The molecule has 2 aromatic heterocycles. The molecule has 0 saturated heterocycles. The van der Waals surface area contributed by atoms with E-state index < -0.39 is 35.4 Å². The molecule has 1 atom stereocenters. The van der Waals surface area contributed by atoms with Crippen LogP contribution in [-0.2, 0) is 20.7 Å². The molecule has 0 bridgehead atoms. The van der Waals surface area contributed by atoms with Crippen molar-refractivity contribution in [2.24, 2.45) is 5.73 Å². The van der Waals surface area contributed by atoms with Gasteiger partial charge in [0.25, 0.3) is 0 Å². The number of aliphatic carboxylic acids is 1. The number of carbonyl (C=O) groups excluding carboxylic acids is 2. The average Bonchev–Trinajstić information content (AvgIpc) is 3.22. The summed E-state index contributed by atoms with van der Waals surface area (Å²) in [5.41, 5.74) is 5.36. The van der Waals surface area contributed by atoms with Gasteiger partial charge in [-0.1, -0.05) is 30.3 Å². The van der Waals surface area contributed by atoms with Crippen molar-refractivity contribution in [1.29, 1.82) is 0 Å². The fraction of sp³-hybridized carbons (Fsp3) is 0.417. The number of nitrogens with two attached hydrogens (primary N) is 1. The number of carboxylic acid groups (broad SMARTS) is 1. The lowest BCUT2D eigenvalue weighted by Crippen LogP contribution is -2.44. The number of ether oxygens (including phenoxy) is 2. The van der Waals surface area contributed by atoms with Gasteiger partial charge in [-0.25, -0.2) is 24.5 Å². The van der Waals surface area contributed by atoms with Crippen LogP contribution >= 0.6 is 0 Å². The van der Waals surface area contributed by atoms with Crippen LogP contribution in [0.25, 0.3) is 11.2 Å². The standard InChI is InChI=1S/C15H21N5O4.C9H11NO2/c1-14(2,3)23-12(21)20(13(22)24-15(4,5)6)11-9-10(17-7-16-9)18-8-19-11;10-8(9(11)12)6-7-4-2-1-3-5-7/h7-8H,1-6H3,(H,16,17,18,19);1-5,8H,6,10H2,(H,11,12)/t;8-/m.0/s1. The first-order valence-electron chi connectivity index (χ1n) is 11.1. The van der Waals surface area contributed by atoms with Gasteiger partial charge in [0.1, 0.15) is 29.1 Å². The smallest absolute Gasteiger partial charge is 0.425 e. The Bertz CT molecular complexity index is 1160. The van der Waals surface area contributed by atoms with Gasteiger partial charge in [-0.3, -0.25) is 4.79 Å². The molecule has 0 radical (unpaired) electrons. The first-order chi connectivity index (χ1) is 16.7. The first-order valence-corrected chi connectivity index (χ1v) is 11.1. The number of H-pyrrole nitrogens is 1. The Balaban J connectivity index is 0.000000319. The predicted octanol–water partition coefficient (Wildman–Crippen LogP) is 3.67. The van der Waals surface area contributed by atoms with Crippen LogP contribution < -0.4 is 10.6 Å². The summed E-state index contributed by atoms with van der Waals surface area (Å²) in [4.78, 5) is 51.0. The number of aromatic nitrogens is 4. The lowest BCUT2D eigenvalue weighted by Gasteiger charge is -2.28. The van der Waals surface area contributed by atoms with Crippen molar-refractivity contribution in [3.05, 3.63) is 48.5 Å². The molecule has 0 aliphatic heterocycles. The Morgan fingerprint density at radius 2 is 1.53 bits per heavy atom. The maximum atomic E-state index is 12.6. The Labute approximate surface area is 208 Å². The summed E-state index contributed by atoms with van der Waals surface area (Å²) < 4.78 is 10.6. The number of imidazole rings is 1. The molecule has 0 saturated carbocycles. The third-order valence-electron chi connectivity index (χ3n) is 4.18. The van der Waals surface area contributed by atoms with E-state index in [1.165, 1.54) is 12.7 Å². The van der Waals surface area contributed by atoms with Crippen molar-refractivity contribution >= 4 is 35.1 Å². The second-order valence-corrected chi connectivity index (χ2v) is 9.73. The molecule has 36 heavy (non-hydrogen) atoms. The number of nitrogens with one attached hydrogen (secondary N) is 1. The van der Waals surface area contributed by atoms with Crippen LogP contribution in [0.3, 0.4) is 0 Å². The fourth-order valence-corrected chi connectivity index (χ4v) is 2.74. The summed E-state index contributed by atoms with van der Waals surface area (Å²) in [5.74, 6) is -0.945. The van der Waals surface area contributed by atoms with E-state index in [0.717, 1.165) is 10.5 Å². The van der Waals surface area contributed by atoms with Gasteiger partial charge < -0.3 is 25.3 Å². The fourth-order valence-electron chi connectivity index (χ4n) is 2.74. The topological polar surface area (TPSA) is 174 Å². The highest BCUT2D eigenvalue weighted by Crippen LogP contribution is 2.24. The number of hydrogen-bond acceptors (Lipinski definition) is 9. The third kappa shape index (κ3) is 8.62. The molecule has 0 spiro atoms. The van der Waals surface area contributed by atoms with Crippen LogP contribution in [0.4, 0.5) is 15.4 Å². The normalized spacial score (nSPS) is 12.2. The third-order valence-corrected chi connectivity index (χ3v) is 4.18. The van der Waals surface area contributed by atoms with Gasteiger partial charge in [-0.15, -0.1) is 0 Å². The number of hydrogen-bond donors (Lipinski definition) is 3. The molecule has 194 valence electrons. The lowest BCUT2D eigenvalue weighted by molar-refractivity contribution is -0.138. The van der Waals surface area contributed by atoms with Crippen LogP contribution in [0.5, 0.6) is 0 Å². The molecule has 3 rings (SSSR count). The van der Waals surface area contributed by atoms with Gasteiger partial charge in [-0.05, 0) is 53.5 Å². The minimum Gasteiger partial charge on any atom is -0.480 e. The van der Waals surface area contributed by atoms with Crippen molar-refractivity contribution in [2.75, 3.05) is 4.90 Å². The number of rotatable bonds is 4. The highest BCUT2D eigenvalue weighted by Gasteiger charge is 2.35. The van der Waals surface area contributed by atoms with Crippen molar-refractivity contribution in [3.8, 4) is 0 Å². The van der Waals surface area contributed by atoms with Crippen LogP contribution in [0.2, 0.25) is 0 Å². The Morgan fingerprint density at radius 1 is 0.972 bits per heavy atom. The number of imide groups is 1. The number of carbonyl (C=O) groups is 3. The molecule has 12 nitrogen and oxygen atoms in total. The maximum absolute atomic E-state index is 12.6. The van der Waals surface area contributed by atoms with Crippen molar-refractivity contribution in [3.63, 3.8) is 0 Å². The summed E-state index contributed by atoms with van der Waals surface area (Å²) in [5, 5.41) is 8.52. The molecule has 0 unspecified atom stereocenters. The van der Waals surface area contributed by atoms with E-state index in [1.807, 2.05) is 30.3 Å². The zero-order valence-corrected chi connectivity index (χ0v) is 21.2. The van der Waals surface area contributed by atoms with Crippen LogP contribution in [0.15, 0.2) is 43.0 Å². The lowest BCUT2D eigenvalue weighted by atomic mass is 10.1.